The van der Waals surface area contributed by atoms with Gasteiger partial charge in [-0.3, -0.25) is 9.36 Å². The van der Waals surface area contributed by atoms with Gasteiger partial charge in [-0.25, -0.2) is 18.7 Å². The first-order valence-electron chi connectivity index (χ1n) is 11.5. The first-order chi connectivity index (χ1) is 16.0. The normalized spacial score (nSPS) is 22.5. The molecule has 7 nitrogen and oxygen atoms in total. The van der Waals surface area contributed by atoms with Gasteiger partial charge in [0.1, 0.15) is 29.3 Å². The van der Waals surface area contributed by atoms with E-state index in [0.29, 0.717) is 35.5 Å². The van der Waals surface area contributed by atoms with Crippen LogP contribution in [0.1, 0.15) is 74.3 Å². The van der Waals surface area contributed by atoms with Gasteiger partial charge in [0.15, 0.2) is 0 Å². The lowest BCUT2D eigenvalue weighted by atomic mass is 9.79. The number of hydrogen-bond donors (Lipinski definition) is 3. The van der Waals surface area contributed by atoms with Crippen LogP contribution in [0, 0.1) is 12.7 Å². The second-order valence-electron chi connectivity index (χ2n) is 9.27. The van der Waals surface area contributed by atoms with Gasteiger partial charge in [-0.05, 0) is 52.5 Å². The maximum Gasteiger partial charge on any atom is 0.258 e. The lowest BCUT2D eigenvalue weighted by Crippen LogP contribution is -2.39. The summed E-state index contributed by atoms with van der Waals surface area (Å²) in [7, 11) is 1.58. The summed E-state index contributed by atoms with van der Waals surface area (Å²) < 4.78 is 30.2. The van der Waals surface area contributed by atoms with Crippen molar-refractivity contribution in [2.24, 2.45) is 7.05 Å². The molecule has 2 heterocycles. The zero-order valence-corrected chi connectivity index (χ0v) is 19.8. The molecule has 1 aromatic carbocycles. The Morgan fingerprint density at radius 1 is 1.21 bits per heavy atom. The summed E-state index contributed by atoms with van der Waals surface area (Å²) in [6.07, 6.45) is -0.618. The molecule has 1 aliphatic rings. The maximum atomic E-state index is 15.0. The van der Waals surface area contributed by atoms with E-state index in [1.165, 1.54) is 17.6 Å². The molecule has 2 aromatic heterocycles. The Labute approximate surface area is 196 Å². The third-order valence-corrected chi connectivity index (χ3v) is 6.77. The highest BCUT2D eigenvalue weighted by atomic mass is 19.1. The molecule has 1 aliphatic carbocycles. The van der Waals surface area contributed by atoms with Crippen molar-refractivity contribution in [3.8, 4) is 0 Å². The molecule has 0 saturated heterocycles. The van der Waals surface area contributed by atoms with Crippen LogP contribution in [0.3, 0.4) is 0 Å². The molecule has 2 atom stereocenters. The average Bonchev–Trinajstić information content (AvgIpc) is 2.78. The van der Waals surface area contributed by atoms with Crippen LogP contribution < -0.4 is 10.9 Å². The summed E-state index contributed by atoms with van der Waals surface area (Å²) in [5.74, 6) is 0.177. The van der Waals surface area contributed by atoms with Gasteiger partial charge in [-0.1, -0.05) is 18.2 Å². The maximum absolute atomic E-state index is 15.0. The number of rotatable bonds is 5. The number of aliphatic hydroxyl groups is 2. The number of pyridine rings is 1. The van der Waals surface area contributed by atoms with Crippen molar-refractivity contribution in [2.75, 3.05) is 5.32 Å². The standard InChI is InChI=1S/C25H30F2N4O3/c1-13(26)17-6-5-7-18(21(17)27)14(2)28-22-19-12-20(25(34)10-8-16(32)9-11-25)24(33)31(4)23(19)30-15(3)29-22/h5-7,12-14,16,32,34H,8-11H2,1-4H3,(H,28,29,30)/t13?,14-,16-,25-/m1/s1. The molecule has 4 rings (SSSR count). The number of fused-ring (bicyclic) bond motifs is 1. The Morgan fingerprint density at radius 2 is 1.85 bits per heavy atom. The van der Waals surface area contributed by atoms with Crippen LogP contribution in [0.15, 0.2) is 29.1 Å². The highest BCUT2D eigenvalue weighted by Gasteiger charge is 2.37. The molecular formula is C25H30F2N4O3. The number of aryl methyl sites for hydroxylation is 2. The Hall–Kier alpha value is -2.91. The Morgan fingerprint density at radius 3 is 2.50 bits per heavy atom. The summed E-state index contributed by atoms with van der Waals surface area (Å²) in [6.45, 7) is 4.72. The van der Waals surface area contributed by atoms with Crippen LogP contribution in [-0.4, -0.2) is 30.9 Å². The summed E-state index contributed by atoms with van der Waals surface area (Å²) in [5.41, 5.74) is -0.857. The Bertz CT molecular complexity index is 1280. The van der Waals surface area contributed by atoms with E-state index in [-0.39, 0.29) is 35.1 Å². The zero-order chi connectivity index (χ0) is 24.8. The van der Waals surface area contributed by atoms with Crippen LogP contribution >= 0.6 is 0 Å². The molecule has 9 heteroatoms. The van der Waals surface area contributed by atoms with Gasteiger partial charge < -0.3 is 15.5 Å². The van der Waals surface area contributed by atoms with Gasteiger partial charge in [-0.15, -0.1) is 0 Å². The first-order valence-corrected chi connectivity index (χ1v) is 11.5. The largest absolute Gasteiger partial charge is 0.393 e. The van der Waals surface area contributed by atoms with Crippen molar-refractivity contribution in [2.45, 2.75) is 70.4 Å². The van der Waals surface area contributed by atoms with Crippen molar-refractivity contribution in [3.63, 3.8) is 0 Å². The van der Waals surface area contributed by atoms with Gasteiger partial charge in [0, 0.05) is 23.7 Å². The second kappa shape index (κ2) is 9.03. The van der Waals surface area contributed by atoms with Gasteiger partial charge in [0.2, 0.25) is 0 Å². The van der Waals surface area contributed by atoms with Gasteiger partial charge in [0.25, 0.3) is 5.56 Å². The molecule has 0 bridgehead atoms. The summed E-state index contributed by atoms with van der Waals surface area (Å²) in [4.78, 5) is 22.1. The summed E-state index contributed by atoms with van der Waals surface area (Å²) >= 11 is 0. The highest BCUT2D eigenvalue weighted by molar-refractivity contribution is 5.87. The Kier molecular flexibility index (Phi) is 6.44. The van der Waals surface area contributed by atoms with Gasteiger partial charge >= 0.3 is 0 Å². The topological polar surface area (TPSA) is 100 Å². The number of benzene rings is 1. The van der Waals surface area contributed by atoms with Crippen molar-refractivity contribution >= 4 is 16.9 Å². The van der Waals surface area contributed by atoms with E-state index in [1.54, 1.807) is 39.1 Å². The van der Waals surface area contributed by atoms with Crippen molar-refractivity contribution in [1.29, 1.82) is 0 Å². The number of nitrogens with zero attached hydrogens (tertiary/aromatic N) is 3. The smallest absolute Gasteiger partial charge is 0.258 e. The molecule has 1 saturated carbocycles. The van der Waals surface area contributed by atoms with Crippen LogP contribution in [-0.2, 0) is 12.6 Å². The summed E-state index contributed by atoms with van der Waals surface area (Å²) in [6, 6.07) is 5.65. The van der Waals surface area contributed by atoms with E-state index in [0.717, 1.165) is 0 Å². The molecule has 0 amide bonds. The van der Waals surface area contributed by atoms with Gasteiger partial charge in [-0.2, -0.15) is 0 Å². The van der Waals surface area contributed by atoms with Crippen molar-refractivity contribution < 1.29 is 19.0 Å². The number of aromatic nitrogens is 3. The quantitative estimate of drug-likeness (QED) is 0.517. The van der Waals surface area contributed by atoms with E-state index in [2.05, 4.69) is 15.3 Å². The molecule has 1 fully saturated rings. The fourth-order valence-corrected chi connectivity index (χ4v) is 4.72. The average molecular weight is 473 g/mol. The number of alkyl halides is 1. The molecule has 0 aliphatic heterocycles. The summed E-state index contributed by atoms with van der Waals surface area (Å²) in [5, 5.41) is 24.8. The molecule has 0 radical (unpaired) electrons. The van der Waals surface area contributed by atoms with Gasteiger partial charge in [0.05, 0.1) is 23.1 Å². The predicted molar refractivity (Wildman–Crippen MR) is 126 cm³/mol. The van der Waals surface area contributed by atoms with E-state index in [4.69, 9.17) is 0 Å². The Balaban J connectivity index is 1.82. The van der Waals surface area contributed by atoms with E-state index < -0.39 is 29.7 Å². The van der Waals surface area contributed by atoms with Crippen LogP contribution in [0.5, 0.6) is 0 Å². The number of aliphatic hydroxyl groups excluding tert-OH is 1. The van der Waals surface area contributed by atoms with Crippen molar-refractivity contribution in [1.82, 2.24) is 14.5 Å². The third-order valence-electron chi connectivity index (χ3n) is 6.77. The number of anilines is 1. The molecule has 3 N–H and O–H groups in total. The van der Waals surface area contributed by atoms with Crippen LogP contribution in [0.2, 0.25) is 0 Å². The number of hydrogen-bond acceptors (Lipinski definition) is 6. The molecule has 182 valence electrons. The minimum absolute atomic E-state index is 0.0127. The zero-order valence-electron chi connectivity index (χ0n) is 19.8. The SMILES string of the molecule is Cc1nc(N[C@H](C)c2cccc(C(C)F)c2F)c2cc([C@]3(O)CC[C@H](O)CC3)c(=O)n(C)c2n1. The fraction of sp³-hybridized carbons (Fsp3) is 0.480. The van der Waals surface area contributed by atoms with E-state index >= 15 is 0 Å². The lowest BCUT2D eigenvalue weighted by molar-refractivity contribution is -0.0371. The molecule has 0 spiro atoms. The number of nitrogens with one attached hydrogen (secondary N) is 1. The molecule has 1 unspecified atom stereocenters. The molecule has 34 heavy (non-hydrogen) atoms. The highest BCUT2D eigenvalue weighted by Crippen LogP contribution is 2.37. The van der Waals surface area contributed by atoms with Crippen molar-refractivity contribution in [3.05, 3.63) is 63.0 Å². The lowest BCUT2D eigenvalue weighted by Gasteiger charge is -2.34. The monoisotopic (exact) mass is 472 g/mol. The minimum atomic E-state index is -1.44. The fourth-order valence-electron chi connectivity index (χ4n) is 4.72. The van der Waals surface area contributed by atoms with E-state index in [1.807, 2.05) is 0 Å². The van der Waals surface area contributed by atoms with Crippen LogP contribution in [0.25, 0.3) is 11.0 Å². The van der Waals surface area contributed by atoms with Crippen LogP contribution in [0.4, 0.5) is 14.6 Å². The molecular weight excluding hydrogens is 442 g/mol. The predicted octanol–water partition coefficient (Wildman–Crippen LogP) is 4.10. The number of halogens is 2. The third kappa shape index (κ3) is 4.30. The van der Waals surface area contributed by atoms with E-state index in [9.17, 15) is 23.8 Å². The minimum Gasteiger partial charge on any atom is -0.393 e. The molecule has 3 aromatic rings. The first kappa shape index (κ1) is 24.2. The second-order valence-corrected chi connectivity index (χ2v) is 9.27.